The molecule has 2 saturated heterocycles. The third kappa shape index (κ3) is 5.00. The molecule has 1 amide bonds. The molecular weight excluding hydrogens is 346 g/mol. The second-order valence-electron chi connectivity index (χ2n) is 8.11. The maximum Gasteiger partial charge on any atom is 0.237 e. The van der Waals surface area contributed by atoms with Crippen LogP contribution in [0.4, 0.5) is 0 Å². The predicted molar refractivity (Wildman–Crippen MR) is 113 cm³/mol. The van der Waals surface area contributed by atoms with Crippen LogP contribution >= 0.6 is 0 Å². The molecule has 2 aromatic carbocycles. The standard InChI is InChI=1S/C24H31N3O/c28-24(27-13-7-12-23(27)18-21-8-3-1-4-9-21)20-26-16-14-25(15-17-26)19-22-10-5-2-6-11-22/h1-6,8-11,23H,7,12-20H2. The maximum atomic E-state index is 13.0. The number of benzene rings is 2. The molecule has 2 heterocycles. The van der Waals surface area contributed by atoms with Gasteiger partial charge in [-0.15, -0.1) is 0 Å². The number of carbonyl (C=O) groups is 1. The van der Waals surface area contributed by atoms with Crippen molar-refractivity contribution in [3.63, 3.8) is 0 Å². The molecule has 2 aromatic rings. The molecule has 148 valence electrons. The van der Waals surface area contributed by atoms with Crippen molar-refractivity contribution in [2.75, 3.05) is 39.3 Å². The lowest BCUT2D eigenvalue weighted by atomic mass is 10.0. The Morgan fingerprint density at radius 1 is 0.786 bits per heavy atom. The molecule has 0 aliphatic carbocycles. The van der Waals surface area contributed by atoms with Gasteiger partial charge in [0.1, 0.15) is 0 Å². The molecule has 28 heavy (non-hydrogen) atoms. The van der Waals surface area contributed by atoms with Gasteiger partial charge in [-0.2, -0.15) is 0 Å². The van der Waals surface area contributed by atoms with E-state index in [-0.39, 0.29) is 0 Å². The quantitative estimate of drug-likeness (QED) is 0.774. The zero-order valence-corrected chi connectivity index (χ0v) is 16.7. The van der Waals surface area contributed by atoms with Crippen LogP contribution in [0.15, 0.2) is 60.7 Å². The van der Waals surface area contributed by atoms with E-state index in [0.717, 1.165) is 58.5 Å². The van der Waals surface area contributed by atoms with Gasteiger partial charge in [0.25, 0.3) is 0 Å². The fraction of sp³-hybridized carbons (Fsp3) is 0.458. The van der Waals surface area contributed by atoms with Crippen molar-refractivity contribution >= 4 is 5.91 Å². The molecule has 0 aromatic heterocycles. The van der Waals surface area contributed by atoms with E-state index in [1.807, 2.05) is 0 Å². The van der Waals surface area contributed by atoms with Gasteiger partial charge in [-0.3, -0.25) is 14.6 Å². The van der Waals surface area contributed by atoms with Crippen LogP contribution < -0.4 is 0 Å². The zero-order chi connectivity index (χ0) is 19.2. The van der Waals surface area contributed by atoms with E-state index in [9.17, 15) is 4.79 Å². The summed E-state index contributed by atoms with van der Waals surface area (Å²) in [6, 6.07) is 21.6. The lowest BCUT2D eigenvalue weighted by Crippen LogP contribution is -2.50. The van der Waals surface area contributed by atoms with E-state index < -0.39 is 0 Å². The van der Waals surface area contributed by atoms with Gasteiger partial charge in [0, 0.05) is 45.3 Å². The number of hydrogen-bond donors (Lipinski definition) is 0. The van der Waals surface area contributed by atoms with E-state index in [1.54, 1.807) is 0 Å². The normalized spacial score (nSPS) is 21.1. The third-order valence-electron chi connectivity index (χ3n) is 6.08. The fourth-order valence-electron chi connectivity index (χ4n) is 4.49. The zero-order valence-electron chi connectivity index (χ0n) is 16.7. The molecule has 2 aliphatic rings. The van der Waals surface area contributed by atoms with Gasteiger partial charge in [-0.25, -0.2) is 0 Å². The van der Waals surface area contributed by atoms with Crippen LogP contribution in [0.2, 0.25) is 0 Å². The van der Waals surface area contributed by atoms with Gasteiger partial charge in [-0.05, 0) is 30.4 Å². The van der Waals surface area contributed by atoms with Crippen molar-refractivity contribution in [3.05, 3.63) is 71.8 Å². The van der Waals surface area contributed by atoms with Crippen LogP contribution in [0, 0.1) is 0 Å². The predicted octanol–water partition coefficient (Wildman–Crippen LogP) is 3.04. The maximum absolute atomic E-state index is 13.0. The number of nitrogens with zero attached hydrogens (tertiary/aromatic N) is 3. The van der Waals surface area contributed by atoms with Crippen LogP contribution in [0.25, 0.3) is 0 Å². The van der Waals surface area contributed by atoms with Crippen LogP contribution in [0.1, 0.15) is 24.0 Å². The molecule has 0 radical (unpaired) electrons. The second kappa shape index (κ2) is 9.35. The molecule has 0 N–H and O–H groups in total. The summed E-state index contributed by atoms with van der Waals surface area (Å²) in [5.41, 5.74) is 2.70. The van der Waals surface area contributed by atoms with E-state index in [2.05, 4.69) is 75.4 Å². The minimum absolute atomic E-state index is 0.315. The lowest BCUT2D eigenvalue weighted by molar-refractivity contribution is -0.133. The molecule has 0 bridgehead atoms. The first-order valence-electron chi connectivity index (χ1n) is 10.6. The average molecular weight is 378 g/mol. The van der Waals surface area contributed by atoms with Crippen LogP contribution in [-0.2, 0) is 17.8 Å². The van der Waals surface area contributed by atoms with Crippen molar-refractivity contribution in [2.24, 2.45) is 0 Å². The van der Waals surface area contributed by atoms with Gasteiger partial charge in [0.2, 0.25) is 5.91 Å². The molecule has 1 atom stereocenters. The van der Waals surface area contributed by atoms with Crippen LogP contribution in [0.3, 0.4) is 0 Å². The SMILES string of the molecule is O=C(CN1CCN(Cc2ccccc2)CC1)N1CCCC1Cc1ccccc1. The van der Waals surface area contributed by atoms with E-state index in [1.165, 1.54) is 11.1 Å². The highest BCUT2D eigenvalue weighted by Gasteiger charge is 2.30. The van der Waals surface area contributed by atoms with Gasteiger partial charge >= 0.3 is 0 Å². The molecule has 0 spiro atoms. The molecule has 4 heteroatoms. The molecule has 1 unspecified atom stereocenters. The number of rotatable bonds is 6. The minimum atomic E-state index is 0.315. The highest BCUT2D eigenvalue weighted by molar-refractivity contribution is 5.79. The summed E-state index contributed by atoms with van der Waals surface area (Å²) in [7, 11) is 0. The van der Waals surface area contributed by atoms with Crippen molar-refractivity contribution in [1.29, 1.82) is 0 Å². The van der Waals surface area contributed by atoms with Crippen molar-refractivity contribution < 1.29 is 4.79 Å². The van der Waals surface area contributed by atoms with Crippen molar-refractivity contribution in [1.82, 2.24) is 14.7 Å². The average Bonchev–Trinajstić information content (AvgIpc) is 3.19. The summed E-state index contributed by atoms with van der Waals surface area (Å²) in [6.45, 7) is 6.54. The number of piperazine rings is 1. The molecule has 4 nitrogen and oxygen atoms in total. The Morgan fingerprint density at radius 3 is 2.07 bits per heavy atom. The summed E-state index contributed by atoms with van der Waals surface area (Å²) in [6.07, 6.45) is 3.25. The fourth-order valence-corrected chi connectivity index (χ4v) is 4.49. The Labute approximate surface area is 168 Å². The first-order chi connectivity index (χ1) is 13.8. The van der Waals surface area contributed by atoms with E-state index in [4.69, 9.17) is 0 Å². The monoisotopic (exact) mass is 377 g/mol. The van der Waals surface area contributed by atoms with Gasteiger partial charge < -0.3 is 4.90 Å². The highest BCUT2D eigenvalue weighted by Crippen LogP contribution is 2.21. The summed E-state index contributed by atoms with van der Waals surface area (Å²) in [5, 5.41) is 0. The molecule has 2 aliphatic heterocycles. The van der Waals surface area contributed by atoms with Crippen molar-refractivity contribution in [3.8, 4) is 0 Å². The highest BCUT2D eigenvalue weighted by atomic mass is 16.2. The summed E-state index contributed by atoms with van der Waals surface area (Å²) < 4.78 is 0. The Balaban J connectivity index is 1.25. The van der Waals surface area contributed by atoms with E-state index in [0.29, 0.717) is 18.5 Å². The summed E-state index contributed by atoms with van der Waals surface area (Å²) in [5.74, 6) is 0.315. The molecule has 4 rings (SSSR count). The summed E-state index contributed by atoms with van der Waals surface area (Å²) in [4.78, 5) is 19.9. The second-order valence-corrected chi connectivity index (χ2v) is 8.11. The smallest absolute Gasteiger partial charge is 0.237 e. The number of hydrogen-bond acceptors (Lipinski definition) is 3. The first kappa shape index (κ1) is 19.2. The number of carbonyl (C=O) groups excluding carboxylic acids is 1. The van der Waals surface area contributed by atoms with E-state index >= 15 is 0 Å². The Kier molecular flexibility index (Phi) is 6.40. The summed E-state index contributed by atoms with van der Waals surface area (Å²) >= 11 is 0. The third-order valence-corrected chi connectivity index (χ3v) is 6.08. The van der Waals surface area contributed by atoms with Crippen LogP contribution in [0.5, 0.6) is 0 Å². The topological polar surface area (TPSA) is 26.8 Å². The Morgan fingerprint density at radius 2 is 1.39 bits per heavy atom. The molecule has 2 fully saturated rings. The van der Waals surface area contributed by atoms with Gasteiger partial charge in [0.15, 0.2) is 0 Å². The number of likely N-dealkylation sites (tertiary alicyclic amines) is 1. The minimum Gasteiger partial charge on any atom is -0.338 e. The van der Waals surface area contributed by atoms with Gasteiger partial charge in [-0.1, -0.05) is 60.7 Å². The molecule has 0 saturated carbocycles. The molecular formula is C24H31N3O. The largest absolute Gasteiger partial charge is 0.338 e. The Bertz CT molecular complexity index is 741. The van der Waals surface area contributed by atoms with Gasteiger partial charge in [0.05, 0.1) is 6.54 Å². The number of amides is 1. The van der Waals surface area contributed by atoms with Crippen molar-refractivity contribution in [2.45, 2.75) is 31.8 Å². The Hall–Kier alpha value is -2.17. The van der Waals surface area contributed by atoms with Crippen LogP contribution in [-0.4, -0.2) is 65.9 Å². The lowest BCUT2D eigenvalue weighted by Gasteiger charge is -2.35. The first-order valence-corrected chi connectivity index (χ1v) is 10.6.